The summed E-state index contributed by atoms with van der Waals surface area (Å²) in [6.07, 6.45) is 0.307. The molecule has 0 atom stereocenters. The van der Waals surface area contributed by atoms with Crippen molar-refractivity contribution in [3.8, 4) is 0 Å². The fourth-order valence-electron chi connectivity index (χ4n) is 2.27. The number of rotatable bonds is 6. The van der Waals surface area contributed by atoms with Gasteiger partial charge in [0.15, 0.2) is 0 Å². The molecule has 2 aromatic carbocycles. The highest BCUT2D eigenvalue weighted by molar-refractivity contribution is 6.31. The van der Waals surface area contributed by atoms with Crippen LogP contribution in [0.2, 0.25) is 5.02 Å². The van der Waals surface area contributed by atoms with E-state index >= 15 is 0 Å². The molecule has 5 heteroatoms. The predicted molar refractivity (Wildman–Crippen MR) is 93.7 cm³/mol. The molecule has 2 aromatic rings. The van der Waals surface area contributed by atoms with E-state index in [1.54, 1.807) is 0 Å². The molecule has 0 unspecified atom stereocenters. The van der Waals surface area contributed by atoms with Gasteiger partial charge < -0.3 is 10.6 Å². The average Bonchev–Trinajstić information content (AvgIpc) is 2.51. The molecule has 2 N–H and O–H groups in total. The number of carbonyl (C=O) groups is 1. The zero-order chi connectivity index (χ0) is 16.8. The van der Waals surface area contributed by atoms with E-state index < -0.39 is 5.82 Å². The standard InChI is InChI=1S/C18H20ClFN2O/c1-12(2)14-5-3-4-6-17(14)21-10-9-18(23)22-13-7-8-16(20)15(19)11-13/h3-8,11-12,21H,9-10H2,1-2H3,(H,22,23). The third kappa shape index (κ3) is 4.96. The van der Waals surface area contributed by atoms with Crippen molar-refractivity contribution in [2.75, 3.05) is 17.2 Å². The Balaban J connectivity index is 1.86. The minimum atomic E-state index is -0.503. The van der Waals surface area contributed by atoms with Gasteiger partial charge >= 0.3 is 0 Å². The maximum Gasteiger partial charge on any atom is 0.226 e. The molecule has 0 aromatic heterocycles. The van der Waals surface area contributed by atoms with Crippen molar-refractivity contribution in [2.45, 2.75) is 26.2 Å². The van der Waals surface area contributed by atoms with Gasteiger partial charge in [-0.3, -0.25) is 4.79 Å². The van der Waals surface area contributed by atoms with Gasteiger partial charge in [-0.25, -0.2) is 4.39 Å². The van der Waals surface area contributed by atoms with E-state index in [0.29, 0.717) is 24.6 Å². The Kier molecular flexibility index (Phi) is 5.99. The fourth-order valence-corrected chi connectivity index (χ4v) is 2.45. The second kappa shape index (κ2) is 7.97. The van der Waals surface area contributed by atoms with Crippen LogP contribution in [0.4, 0.5) is 15.8 Å². The summed E-state index contributed by atoms with van der Waals surface area (Å²) in [6.45, 7) is 4.78. The van der Waals surface area contributed by atoms with Gasteiger partial charge in [0, 0.05) is 24.3 Å². The van der Waals surface area contributed by atoms with E-state index in [1.807, 2.05) is 18.2 Å². The maximum atomic E-state index is 13.1. The highest BCUT2D eigenvalue weighted by Gasteiger charge is 2.07. The molecular weight excluding hydrogens is 315 g/mol. The molecule has 0 aliphatic carbocycles. The van der Waals surface area contributed by atoms with Crippen LogP contribution in [0.1, 0.15) is 31.7 Å². The molecule has 0 heterocycles. The highest BCUT2D eigenvalue weighted by atomic mass is 35.5. The van der Waals surface area contributed by atoms with Gasteiger partial charge in [0.25, 0.3) is 0 Å². The Morgan fingerprint density at radius 3 is 2.65 bits per heavy atom. The van der Waals surface area contributed by atoms with Crippen LogP contribution in [-0.2, 0) is 4.79 Å². The Bertz CT molecular complexity index is 688. The molecule has 0 saturated heterocycles. The molecule has 0 bridgehead atoms. The number of amides is 1. The van der Waals surface area contributed by atoms with E-state index in [4.69, 9.17) is 11.6 Å². The van der Waals surface area contributed by atoms with Crippen molar-refractivity contribution in [3.05, 3.63) is 58.9 Å². The van der Waals surface area contributed by atoms with Crippen LogP contribution in [0.3, 0.4) is 0 Å². The van der Waals surface area contributed by atoms with Crippen LogP contribution in [0.5, 0.6) is 0 Å². The molecule has 0 fully saturated rings. The minimum absolute atomic E-state index is 0.00761. The Morgan fingerprint density at radius 2 is 1.96 bits per heavy atom. The second-order valence-electron chi connectivity index (χ2n) is 5.60. The Labute approximate surface area is 140 Å². The fraction of sp³-hybridized carbons (Fsp3) is 0.278. The molecule has 0 spiro atoms. The first-order valence-electron chi connectivity index (χ1n) is 7.55. The molecule has 0 radical (unpaired) electrons. The molecule has 122 valence electrons. The van der Waals surface area contributed by atoms with Gasteiger partial charge in [0.1, 0.15) is 5.82 Å². The largest absolute Gasteiger partial charge is 0.384 e. The first-order valence-corrected chi connectivity index (χ1v) is 7.93. The molecule has 2 rings (SSSR count). The lowest BCUT2D eigenvalue weighted by Gasteiger charge is -2.14. The molecule has 1 amide bonds. The normalized spacial score (nSPS) is 10.7. The average molecular weight is 335 g/mol. The number of hydrogen-bond donors (Lipinski definition) is 2. The van der Waals surface area contributed by atoms with Crippen molar-refractivity contribution in [2.24, 2.45) is 0 Å². The summed E-state index contributed by atoms with van der Waals surface area (Å²) in [5, 5.41) is 5.98. The summed E-state index contributed by atoms with van der Waals surface area (Å²) in [5.41, 5.74) is 2.75. The van der Waals surface area contributed by atoms with Gasteiger partial charge in [0.05, 0.1) is 5.02 Å². The first kappa shape index (κ1) is 17.3. The lowest BCUT2D eigenvalue weighted by atomic mass is 10.0. The second-order valence-corrected chi connectivity index (χ2v) is 6.00. The van der Waals surface area contributed by atoms with Gasteiger partial charge in [0.2, 0.25) is 5.91 Å². The number of para-hydroxylation sites is 1. The third-order valence-electron chi connectivity index (χ3n) is 3.45. The number of halogens is 2. The van der Waals surface area contributed by atoms with E-state index in [0.717, 1.165) is 5.69 Å². The van der Waals surface area contributed by atoms with E-state index in [9.17, 15) is 9.18 Å². The van der Waals surface area contributed by atoms with E-state index in [2.05, 4.69) is 30.5 Å². The number of carbonyl (C=O) groups excluding carboxylic acids is 1. The Morgan fingerprint density at radius 1 is 1.22 bits per heavy atom. The van der Waals surface area contributed by atoms with Crippen molar-refractivity contribution in [1.82, 2.24) is 0 Å². The molecule has 0 saturated carbocycles. The van der Waals surface area contributed by atoms with Crippen LogP contribution < -0.4 is 10.6 Å². The lowest BCUT2D eigenvalue weighted by Crippen LogP contribution is -2.16. The van der Waals surface area contributed by atoms with Crippen LogP contribution in [0.15, 0.2) is 42.5 Å². The van der Waals surface area contributed by atoms with Gasteiger partial charge in [-0.15, -0.1) is 0 Å². The predicted octanol–water partition coefficient (Wildman–Crippen LogP) is 5.04. The van der Waals surface area contributed by atoms with Crippen molar-refractivity contribution in [3.63, 3.8) is 0 Å². The molecule has 3 nitrogen and oxygen atoms in total. The van der Waals surface area contributed by atoms with Gasteiger partial charge in [-0.05, 0) is 35.7 Å². The van der Waals surface area contributed by atoms with Crippen molar-refractivity contribution in [1.29, 1.82) is 0 Å². The minimum Gasteiger partial charge on any atom is -0.384 e. The van der Waals surface area contributed by atoms with E-state index in [1.165, 1.54) is 23.8 Å². The zero-order valence-electron chi connectivity index (χ0n) is 13.2. The smallest absolute Gasteiger partial charge is 0.226 e. The summed E-state index contributed by atoms with van der Waals surface area (Å²) in [4.78, 5) is 11.9. The Hall–Kier alpha value is -2.07. The summed E-state index contributed by atoms with van der Waals surface area (Å²) >= 11 is 5.69. The van der Waals surface area contributed by atoms with Crippen LogP contribution in [0.25, 0.3) is 0 Å². The van der Waals surface area contributed by atoms with Gasteiger partial charge in [-0.2, -0.15) is 0 Å². The van der Waals surface area contributed by atoms with E-state index in [-0.39, 0.29) is 10.9 Å². The molecule has 0 aliphatic heterocycles. The van der Waals surface area contributed by atoms with Crippen LogP contribution >= 0.6 is 11.6 Å². The molecular formula is C18H20ClFN2O. The van der Waals surface area contributed by atoms with Crippen LogP contribution in [-0.4, -0.2) is 12.5 Å². The SMILES string of the molecule is CC(C)c1ccccc1NCCC(=O)Nc1ccc(F)c(Cl)c1. The van der Waals surface area contributed by atoms with Crippen molar-refractivity contribution >= 4 is 28.9 Å². The van der Waals surface area contributed by atoms with Crippen LogP contribution in [0, 0.1) is 5.82 Å². The highest BCUT2D eigenvalue weighted by Crippen LogP contribution is 2.23. The molecule has 0 aliphatic rings. The summed E-state index contributed by atoms with van der Waals surface area (Å²) < 4.78 is 13.1. The first-order chi connectivity index (χ1) is 11.0. The summed E-state index contributed by atoms with van der Waals surface area (Å²) in [5.74, 6) is -0.243. The van der Waals surface area contributed by atoms with Gasteiger partial charge in [-0.1, -0.05) is 43.6 Å². The maximum absolute atomic E-state index is 13.1. The lowest BCUT2D eigenvalue weighted by molar-refractivity contribution is -0.115. The number of benzene rings is 2. The number of anilines is 2. The summed E-state index contributed by atoms with van der Waals surface area (Å²) in [7, 11) is 0. The zero-order valence-corrected chi connectivity index (χ0v) is 14.0. The number of hydrogen-bond acceptors (Lipinski definition) is 2. The third-order valence-corrected chi connectivity index (χ3v) is 3.74. The summed E-state index contributed by atoms with van der Waals surface area (Å²) in [6, 6.07) is 12.2. The quantitative estimate of drug-likeness (QED) is 0.776. The van der Waals surface area contributed by atoms with Crippen molar-refractivity contribution < 1.29 is 9.18 Å². The monoisotopic (exact) mass is 334 g/mol. The molecule has 23 heavy (non-hydrogen) atoms. The number of nitrogens with one attached hydrogen (secondary N) is 2. The topological polar surface area (TPSA) is 41.1 Å².